The molecule has 0 radical (unpaired) electrons. The first-order valence-corrected chi connectivity index (χ1v) is 5.26. The molecule has 1 heterocycles. The van der Waals surface area contributed by atoms with Crippen molar-refractivity contribution < 1.29 is 4.74 Å². The van der Waals surface area contributed by atoms with E-state index in [4.69, 9.17) is 4.74 Å². The van der Waals surface area contributed by atoms with E-state index in [0.29, 0.717) is 6.10 Å². The lowest BCUT2D eigenvalue weighted by atomic mass is 10.3. The van der Waals surface area contributed by atoms with Gasteiger partial charge < -0.3 is 4.74 Å². The van der Waals surface area contributed by atoms with Crippen LogP contribution < -0.4 is 0 Å². The standard InChI is InChI=1S/C10H11NOS/c1-8-7-13-10(12-8)11-9-5-3-2-4-6-9/h2-6,8H,7H2,1H3. The van der Waals surface area contributed by atoms with Crippen LogP contribution in [0.4, 0.5) is 5.69 Å². The molecule has 2 nitrogen and oxygen atoms in total. The molecular formula is C10H11NOS. The SMILES string of the molecule is CC1CSC(=Nc2ccccc2)O1. The molecule has 0 bridgehead atoms. The van der Waals surface area contributed by atoms with Crippen molar-refractivity contribution in [2.75, 3.05) is 5.75 Å². The van der Waals surface area contributed by atoms with E-state index in [9.17, 15) is 0 Å². The number of thioether (sulfide) groups is 1. The van der Waals surface area contributed by atoms with Gasteiger partial charge in [-0.1, -0.05) is 30.0 Å². The van der Waals surface area contributed by atoms with Crippen LogP contribution in [-0.4, -0.2) is 17.1 Å². The highest BCUT2D eigenvalue weighted by Crippen LogP contribution is 2.23. The third-order valence-electron chi connectivity index (χ3n) is 1.72. The second-order valence-electron chi connectivity index (χ2n) is 2.95. The summed E-state index contributed by atoms with van der Waals surface area (Å²) >= 11 is 1.67. The van der Waals surface area contributed by atoms with Crippen LogP contribution >= 0.6 is 11.8 Å². The maximum atomic E-state index is 5.48. The Labute approximate surface area is 82.0 Å². The van der Waals surface area contributed by atoms with Crippen molar-refractivity contribution >= 4 is 22.7 Å². The number of hydrogen-bond acceptors (Lipinski definition) is 3. The van der Waals surface area contributed by atoms with Crippen LogP contribution in [-0.2, 0) is 4.74 Å². The third kappa shape index (κ3) is 2.25. The van der Waals surface area contributed by atoms with E-state index in [1.807, 2.05) is 30.3 Å². The maximum absolute atomic E-state index is 5.48. The monoisotopic (exact) mass is 193 g/mol. The predicted molar refractivity (Wildman–Crippen MR) is 56.5 cm³/mol. The molecule has 0 aliphatic carbocycles. The summed E-state index contributed by atoms with van der Waals surface area (Å²) in [5, 5.41) is 0.790. The van der Waals surface area contributed by atoms with Gasteiger partial charge in [0.2, 0.25) is 0 Å². The number of benzene rings is 1. The van der Waals surface area contributed by atoms with Gasteiger partial charge in [0.1, 0.15) is 6.10 Å². The number of para-hydroxylation sites is 1. The van der Waals surface area contributed by atoms with Crippen molar-refractivity contribution in [3.05, 3.63) is 30.3 Å². The first-order valence-electron chi connectivity index (χ1n) is 4.28. The smallest absolute Gasteiger partial charge is 0.251 e. The van der Waals surface area contributed by atoms with E-state index < -0.39 is 0 Å². The molecular weight excluding hydrogens is 182 g/mol. The van der Waals surface area contributed by atoms with Crippen molar-refractivity contribution in [3.63, 3.8) is 0 Å². The van der Waals surface area contributed by atoms with Crippen LogP contribution in [0.25, 0.3) is 0 Å². The lowest BCUT2D eigenvalue weighted by molar-refractivity contribution is 0.252. The summed E-state index contributed by atoms with van der Waals surface area (Å²) < 4.78 is 5.48. The van der Waals surface area contributed by atoms with Crippen molar-refractivity contribution in [2.24, 2.45) is 4.99 Å². The molecule has 2 rings (SSSR count). The van der Waals surface area contributed by atoms with E-state index in [1.54, 1.807) is 11.8 Å². The molecule has 3 heteroatoms. The topological polar surface area (TPSA) is 21.6 Å². The highest BCUT2D eigenvalue weighted by molar-refractivity contribution is 8.13. The number of rotatable bonds is 1. The first kappa shape index (κ1) is 8.63. The molecule has 1 atom stereocenters. The minimum absolute atomic E-state index is 0.299. The van der Waals surface area contributed by atoms with Crippen molar-refractivity contribution in [3.8, 4) is 0 Å². The molecule has 0 aromatic heterocycles. The Hall–Kier alpha value is -0.960. The number of ether oxygens (including phenoxy) is 1. The Bertz CT molecular complexity index is 310. The normalized spacial score (nSPS) is 24.7. The van der Waals surface area contributed by atoms with E-state index in [0.717, 1.165) is 16.7 Å². The summed E-state index contributed by atoms with van der Waals surface area (Å²) in [6.45, 7) is 2.06. The molecule has 0 saturated carbocycles. The second kappa shape index (κ2) is 3.83. The second-order valence-corrected chi connectivity index (χ2v) is 3.92. The summed E-state index contributed by atoms with van der Waals surface area (Å²) in [4.78, 5) is 4.37. The average molecular weight is 193 g/mol. The number of nitrogens with zero attached hydrogens (tertiary/aromatic N) is 1. The van der Waals surface area contributed by atoms with Crippen LogP contribution in [0.1, 0.15) is 6.92 Å². The Balaban J connectivity index is 2.13. The fraction of sp³-hybridized carbons (Fsp3) is 0.300. The van der Waals surface area contributed by atoms with Crippen molar-refractivity contribution in [1.82, 2.24) is 0 Å². The molecule has 0 N–H and O–H groups in total. The van der Waals surface area contributed by atoms with Crippen LogP contribution in [0.15, 0.2) is 35.3 Å². The molecule has 0 amide bonds. The predicted octanol–water partition coefficient (Wildman–Crippen LogP) is 2.83. The molecule has 68 valence electrons. The average Bonchev–Trinajstić information content (AvgIpc) is 2.53. The van der Waals surface area contributed by atoms with E-state index in [1.165, 1.54) is 0 Å². The number of hydrogen-bond donors (Lipinski definition) is 0. The highest BCUT2D eigenvalue weighted by atomic mass is 32.2. The molecule has 1 aromatic carbocycles. The van der Waals surface area contributed by atoms with E-state index in [-0.39, 0.29) is 0 Å². The van der Waals surface area contributed by atoms with Gasteiger partial charge >= 0.3 is 0 Å². The molecule has 1 saturated heterocycles. The zero-order chi connectivity index (χ0) is 9.10. The number of aliphatic imine (C=N–C) groups is 1. The minimum Gasteiger partial charge on any atom is -0.469 e. The Morgan fingerprint density at radius 3 is 2.77 bits per heavy atom. The van der Waals surface area contributed by atoms with Crippen LogP contribution in [0.2, 0.25) is 0 Å². The summed E-state index contributed by atoms with van der Waals surface area (Å²) in [6.07, 6.45) is 0.299. The molecule has 1 aliphatic rings. The highest BCUT2D eigenvalue weighted by Gasteiger charge is 2.17. The molecule has 1 aromatic rings. The largest absolute Gasteiger partial charge is 0.469 e. The van der Waals surface area contributed by atoms with Crippen molar-refractivity contribution in [1.29, 1.82) is 0 Å². The quantitative estimate of drug-likeness (QED) is 0.684. The van der Waals surface area contributed by atoms with Gasteiger partial charge in [0.05, 0.1) is 5.69 Å². The van der Waals surface area contributed by atoms with Crippen LogP contribution in [0, 0.1) is 0 Å². The Morgan fingerprint density at radius 2 is 2.15 bits per heavy atom. The fourth-order valence-corrected chi connectivity index (χ4v) is 1.94. The minimum atomic E-state index is 0.299. The van der Waals surface area contributed by atoms with Gasteiger partial charge in [-0.15, -0.1) is 0 Å². The van der Waals surface area contributed by atoms with Crippen LogP contribution in [0.5, 0.6) is 0 Å². The van der Waals surface area contributed by atoms with Gasteiger partial charge in [0, 0.05) is 5.75 Å². The summed E-state index contributed by atoms with van der Waals surface area (Å²) in [6, 6.07) is 9.87. The van der Waals surface area contributed by atoms with Gasteiger partial charge in [0.15, 0.2) is 0 Å². The molecule has 0 spiro atoms. The van der Waals surface area contributed by atoms with Crippen LogP contribution in [0.3, 0.4) is 0 Å². The molecule has 1 fully saturated rings. The maximum Gasteiger partial charge on any atom is 0.251 e. The van der Waals surface area contributed by atoms with Gasteiger partial charge in [-0.25, -0.2) is 4.99 Å². The summed E-state index contributed by atoms with van der Waals surface area (Å²) in [5.41, 5.74) is 0.958. The molecule has 13 heavy (non-hydrogen) atoms. The zero-order valence-corrected chi connectivity index (χ0v) is 8.25. The Morgan fingerprint density at radius 1 is 1.38 bits per heavy atom. The lowest BCUT2D eigenvalue weighted by Gasteiger charge is -2.00. The fourth-order valence-electron chi connectivity index (χ4n) is 1.10. The molecule has 1 aliphatic heterocycles. The molecule has 1 unspecified atom stereocenters. The van der Waals surface area contributed by atoms with E-state index in [2.05, 4.69) is 11.9 Å². The van der Waals surface area contributed by atoms with Gasteiger partial charge in [0.25, 0.3) is 5.23 Å². The first-order chi connectivity index (χ1) is 6.34. The van der Waals surface area contributed by atoms with Gasteiger partial charge in [-0.05, 0) is 19.1 Å². The Kier molecular flexibility index (Phi) is 2.54. The zero-order valence-electron chi connectivity index (χ0n) is 7.43. The van der Waals surface area contributed by atoms with E-state index >= 15 is 0 Å². The van der Waals surface area contributed by atoms with Crippen molar-refractivity contribution in [2.45, 2.75) is 13.0 Å². The van der Waals surface area contributed by atoms with Gasteiger partial charge in [-0.3, -0.25) is 0 Å². The lowest BCUT2D eigenvalue weighted by Crippen LogP contribution is -2.02. The summed E-state index contributed by atoms with van der Waals surface area (Å²) in [5.74, 6) is 1.01. The summed E-state index contributed by atoms with van der Waals surface area (Å²) in [7, 11) is 0. The van der Waals surface area contributed by atoms with Gasteiger partial charge in [-0.2, -0.15) is 0 Å². The third-order valence-corrected chi connectivity index (χ3v) is 2.79.